The number of carbonyl (C=O) groups excluding carboxylic acids is 2. The average molecular weight is 529 g/mol. The van der Waals surface area contributed by atoms with E-state index in [1.165, 1.54) is 4.90 Å². The highest BCUT2D eigenvalue weighted by Gasteiger charge is 2.30. The molecule has 2 amide bonds. The summed E-state index contributed by atoms with van der Waals surface area (Å²) < 4.78 is 26.4. The zero-order chi connectivity index (χ0) is 25.6. The van der Waals surface area contributed by atoms with E-state index < -0.39 is 28.5 Å². The number of carbonyl (C=O) groups is 2. The second-order valence-electron chi connectivity index (χ2n) is 8.23. The minimum atomic E-state index is -3.78. The third-order valence-corrected chi connectivity index (χ3v) is 7.44. The topological polar surface area (TPSA) is 86.8 Å². The van der Waals surface area contributed by atoms with Gasteiger partial charge in [0.05, 0.1) is 22.0 Å². The monoisotopic (exact) mass is 527 g/mol. The Kier molecular flexibility index (Phi) is 9.79. The maximum absolute atomic E-state index is 13.5. The number of nitrogens with zero attached hydrogens (tertiary/aromatic N) is 2. The van der Waals surface area contributed by atoms with Gasteiger partial charge < -0.3 is 10.2 Å². The molecule has 0 bridgehead atoms. The third-order valence-electron chi connectivity index (χ3n) is 5.58. The van der Waals surface area contributed by atoms with Gasteiger partial charge in [-0.2, -0.15) is 0 Å². The molecule has 10 heteroatoms. The zero-order valence-electron chi connectivity index (χ0n) is 20.1. The smallest absolute Gasteiger partial charge is 0.244 e. The zero-order valence-corrected chi connectivity index (χ0v) is 22.4. The van der Waals surface area contributed by atoms with E-state index in [0.29, 0.717) is 27.8 Å². The molecule has 0 aromatic heterocycles. The van der Waals surface area contributed by atoms with Crippen molar-refractivity contribution in [2.24, 2.45) is 0 Å². The Morgan fingerprint density at radius 1 is 1.09 bits per heavy atom. The molecule has 7 nitrogen and oxygen atoms in total. The van der Waals surface area contributed by atoms with Crippen molar-refractivity contribution in [3.63, 3.8) is 0 Å². The Balaban J connectivity index is 2.44. The standard InChI is InChI=1S/C24H31Cl2N3O4S/c1-6-12-27-24(31)18(4)28(14-19-10-11-20(25)21(26)13-19)23(30)15-29(34(5,32)33)22-9-7-8-16(2)17(22)3/h7-11,13,18H,6,12,14-15H2,1-5H3,(H,27,31). The summed E-state index contributed by atoms with van der Waals surface area (Å²) in [5, 5.41) is 3.49. The quantitative estimate of drug-likeness (QED) is 0.498. The second kappa shape index (κ2) is 11.9. The van der Waals surface area contributed by atoms with E-state index in [1.807, 2.05) is 26.8 Å². The van der Waals surface area contributed by atoms with Crippen molar-refractivity contribution in [1.29, 1.82) is 0 Å². The van der Waals surface area contributed by atoms with Crippen molar-refractivity contribution in [3.8, 4) is 0 Å². The normalized spacial score (nSPS) is 12.2. The number of anilines is 1. The lowest BCUT2D eigenvalue weighted by Gasteiger charge is -2.32. The number of aryl methyl sites for hydroxylation is 1. The number of benzene rings is 2. The van der Waals surface area contributed by atoms with Crippen molar-refractivity contribution in [1.82, 2.24) is 10.2 Å². The van der Waals surface area contributed by atoms with Crippen LogP contribution >= 0.6 is 23.2 Å². The summed E-state index contributed by atoms with van der Waals surface area (Å²) in [5.74, 6) is -0.843. The van der Waals surface area contributed by atoms with Crippen molar-refractivity contribution < 1.29 is 18.0 Å². The van der Waals surface area contributed by atoms with Crippen LogP contribution in [0.15, 0.2) is 36.4 Å². The number of nitrogens with one attached hydrogen (secondary N) is 1. The molecule has 0 saturated heterocycles. The van der Waals surface area contributed by atoms with Crippen LogP contribution < -0.4 is 9.62 Å². The molecule has 2 aromatic rings. The molecule has 2 aromatic carbocycles. The van der Waals surface area contributed by atoms with Gasteiger partial charge in [-0.1, -0.05) is 48.3 Å². The maximum Gasteiger partial charge on any atom is 0.244 e. The van der Waals surface area contributed by atoms with Crippen LogP contribution in [0.2, 0.25) is 10.0 Å². The van der Waals surface area contributed by atoms with E-state index in [0.717, 1.165) is 28.1 Å². The number of halogens is 2. The van der Waals surface area contributed by atoms with Crippen LogP contribution in [0.3, 0.4) is 0 Å². The lowest BCUT2D eigenvalue weighted by molar-refractivity contribution is -0.139. The van der Waals surface area contributed by atoms with Gasteiger partial charge in [0, 0.05) is 13.1 Å². The molecule has 34 heavy (non-hydrogen) atoms. The van der Waals surface area contributed by atoms with Gasteiger partial charge in [0.2, 0.25) is 21.8 Å². The fourth-order valence-corrected chi connectivity index (χ4v) is 4.63. The highest BCUT2D eigenvalue weighted by molar-refractivity contribution is 7.92. The minimum Gasteiger partial charge on any atom is -0.354 e. The minimum absolute atomic E-state index is 0.0564. The fourth-order valence-electron chi connectivity index (χ4n) is 3.41. The Morgan fingerprint density at radius 3 is 2.35 bits per heavy atom. The van der Waals surface area contributed by atoms with E-state index in [2.05, 4.69) is 5.32 Å². The van der Waals surface area contributed by atoms with E-state index in [4.69, 9.17) is 23.2 Å². The van der Waals surface area contributed by atoms with Gasteiger partial charge in [0.1, 0.15) is 12.6 Å². The second-order valence-corrected chi connectivity index (χ2v) is 10.9. The van der Waals surface area contributed by atoms with Gasteiger partial charge in [-0.15, -0.1) is 0 Å². The van der Waals surface area contributed by atoms with Gasteiger partial charge in [-0.3, -0.25) is 13.9 Å². The Labute approximate surface area is 212 Å². The number of amides is 2. The molecule has 0 radical (unpaired) electrons. The first-order valence-corrected chi connectivity index (χ1v) is 13.5. The molecule has 0 heterocycles. The van der Waals surface area contributed by atoms with Crippen LogP contribution in [0, 0.1) is 13.8 Å². The van der Waals surface area contributed by atoms with Crippen molar-refractivity contribution in [2.75, 3.05) is 23.7 Å². The summed E-state index contributed by atoms with van der Waals surface area (Å²) in [6, 6.07) is 9.39. The molecule has 1 N–H and O–H groups in total. The first-order chi connectivity index (χ1) is 15.9. The molecular formula is C24H31Cl2N3O4S. The van der Waals surface area contributed by atoms with Crippen LogP contribution in [-0.2, 0) is 26.2 Å². The summed E-state index contributed by atoms with van der Waals surface area (Å²) in [7, 11) is -3.78. The predicted octanol–water partition coefficient (Wildman–Crippen LogP) is 4.32. The summed E-state index contributed by atoms with van der Waals surface area (Å²) in [4.78, 5) is 27.6. The lowest BCUT2D eigenvalue weighted by Crippen LogP contribution is -2.51. The Hall–Kier alpha value is -2.29. The SMILES string of the molecule is CCCNC(=O)C(C)N(Cc1ccc(Cl)c(Cl)c1)C(=O)CN(c1cccc(C)c1C)S(C)(=O)=O. The largest absolute Gasteiger partial charge is 0.354 e. The molecule has 0 saturated carbocycles. The summed E-state index contributed by atoms with van der Waals surface area (Å²) in [6.45, 7) is 7.30. The molecule has 0 spiro atoms. The first-order valence-electron chi connectivity index (χ1n) is 10.9. The van der Waals surface area contributed by atoms with Crippen molar-refractivity contribution >= 4 is 50.7 Å². The molecule has 1 atom stereocenters. The van der Waals surface area contributed by atoms with Crippen LogP contribution in [0.1, 0.15) is 37.0 Å². The van der Waals surface area contributed by atoms with E-state index >= 15 is 0 Å². The molecule has 186 valence electrons. The van der Waals surface area contributed by atoms with Crippen LogP contribution in [0.5, 0.6) is 0 Å². The first kappa shape index (κ1) is 28.0. The van der Waals surface area contributed by atoms with E-state index in [1.54, 1.807) is 37.3 Å². The number of rotatable bonds is 10. The lowest BCUT2D eigenvalue weighted by atomic mass is 10.1. The third kappa shape index (κ3) is 7.10. The molecular weight excluding hydrogens is 497 g/mol. The van der Waals surface area contributed by atoms with Gasteiger partial charge in [-0.25, -0.2) is 8.42 Å². The Bertz CT molecular complexity index is 1150. The van der Waals surface area contributed by atoms with Crippen LogP contribution in [0.25, 0.3) is 0 Å². The molecule has 0 fully saturated rings. The van der Waals surface area contributed by atoms with Crippen molar-refractivity contribution in [2.45, 2.75) is 46.7 Å². The van der Waals surface area contributed by atoms with E-state index in [-0.39, 0.29) is 12.5 Å². The molecule has 0 aliphatic carbocycles. The molecule has 0 aliphatic rings. The number of sulfonamides is 1. The van der Waals surface area contributed by atoms with Gasteiger partial charge >= 0.3 is 0 Å². The van der Waals surface area contributed by atoms with Gasteiger partial charge in [-0.05, 0) is 62.1 Å². The molecule has 2 rings (SSSR count). The van der Waals surface area contributed by atoms with Crippen LogP contribution in [0.4, 0.5) is 5.69 Å². The predicted molar refractivity (Wildman–Crippen MR) is 138 cm³/mol. The number of hydrogen-bond donors (Lipinski definition) is 1. The van der Waals surface area contributed by atoms with Gasteiger partial charge in [0.25, 0.3) is 0 Å². The van der Waals surface area contributed by atoms with Crippen LogP contribution in [-0.4, -0.2) is 50.5 Å². The number of hydrogen-bond acceptors (Lipinski definition) is 4. The summed E-state index contributed by atoms with van der Waals surface area (Å²) in [6.07, 6.45) is 1.80. The highest BCUT2D eigenvalue weighted by Crippen LogP contribution is 2.26. The Morgan fingerprint density at radius 2 is 1.76 bits per heavy atom. The highest BCUT2D eigenvalue weighted by atomic mass is 35.5. The molecule has 1 unspecified atom stereocenters. The maximum atomic E-state index is 13.5. The molecule has 0 aliphatic heterocycles. The summed E-state index contributed by atoms with van der Waals surface area (Å²) >= 11 is 12.2. The van der Waals surface area contributed by atoms with Gasteiger partial charge in [0.15, 0.2) is 0 Å². The van der Waals surface area contributed by atoms with E-state index in [9.17, 15) is 18.0 Å². The van der Waals surface area contributed by atoms with Crippen molar-refractivity contribution in [3.05, 3.63) is 63.1 Å². The fraction of sp³-hybridized carbons (Fsp3) is 0.417. The average Bonchev–Trinajstić information content (AvgIpc) is 2.77. The summed E-state index contributed by atoms with van der Waals surface area (Å²) in [5.41, 5.74) is 2.74.